The van der Waals surface area contributed by atoms with Crippen LogP contribution in [0.2, 0.25) is 0 Å². The molecule has 1 aliphatic heterocycles. The van der Waals surface area contributed by atoms with Gasteiger partial charge in [-0.2, -0.15) is 0 Å². The third-order valence-electron chi connectivity index (χ3n) is 5.93. The lowest BCUT2D eigenvalue weighted by Crippen LogP contribution is -2.27. The maximum Gasteiger partial charge on any atom is 0.338 e. The average molecular weight is 435 g/mol. The standard InChI is InChI=1S/C25H25NO6/c1-26-11-10-14-12-18(29-2)24(31-4)22-16-9-7-6-8-15(16)21(23(26)20(14)22)17(25(28)32-5)13-19(27)30-3/h6-9,12-13H,10-11H2,1-5H3/b17-13+. The van der Waals surface area contributed by atoms with Crippen LogP contribution in [0.3, 0.4) is 0 Å². The second-order valence-electron chi connectivity index (χ2n) is 7.53. The summed E-state index contributed by atoms with van der Waals surface area (Å²) in [6.45, 7) is 0.732. The summed E-state index contributed by atoms with van der Waals surface area (Å²) >= 11 is 0. The summed E-state index contributed by atoms with van der Waals surface area (Å²) in [5, 5.41) is 3.55. The largest absolute Gasteiger partial charge is 0.493 e. The topological polar surface area (TPSA) is 74.3 Å². The van der Waals surface area contributed by atoms with Crippen molar-refractivity contribution in [1.29, 1.82) is 0 Å². The van der Waals surface area contributed by atoms with E-state index in [2.05, 4.69) is 4.90 Å². The number of hydrogen-bond donors (Lipinski definition) is 0. The highest BCUT2D eigenvalue weighted by Gasteiger charge is 2.30. The molecule has 0 spiro atoms. The normalized spacial score (nSPS) is 13.3. The smallest absolute Gasteiger partial charge is 0.338 e. The second-order valence-corrected chi connectivity index (χ2v) is 7.53. The molecule has 0 atom stereocenters. The van der Waals surface area contributed by atoms with Gasteiger partial charge in [0.15, 0.2) is 11.5 Å². The number of esters is 2. The SMILES string of the molecule is COC(=O)/C=C(/C(=O)OC)c1c2c3c(cc(OC)c(OC)c3c3ccccc13)CCN2C. The van der Waals surface area contributed by atoms with Crippen molar-refractivity contribution in [3.8, 4) is 11.5 Å². The van der Waals surface area contributed by atoms with Gasteiger partial charge >= 0.3 is 11.9 Å². The Morgan fingerprint density at radius 2 is 1.69 bits per heavy atom. The zero-order valence-corrected chi connectivity index (χ0v) is 18.8. The predicted molar refractivity (Wildman–Crippen MR) is 124 cm³/mol. The molecule has 0 saturated carbocycles. The number of carbonyl (C=O) groups is 2. The molecule has 0 aromatic heterocycles. The van der Waals surface area contributed by atoms with Crippen molar-refractivity contribution < 1.29 is 28.5 Å². The van der Waals surface area contributed by atoms with E-state index in [-0.39, 0.29) is 5.57 Å². The van der Waals surface area contributed by atoms with Crippen LogP contribution in [0.15, 0.2) is 36.4 Å². The number of carbonyl (C=O) groups excluding carboxylic acids is 2. The van der Waals surface area contributed by atoms with Crippen molar-refractivity contribution in [3.63, 3.8) is 0 Å². The molecular formula is C25H25NO6. The van der Waals surface area contributed by atoms with Crippen LogP contribution in [0.4, 0.5) is 5.69 Å². The fraction of sp³-hybridized carbons (Fsp3) is 0.280. The lowest BCUT2D eigenvalue weighted by Gasteiger charge is -2.32. The summed E-state index contributed by atoms with van der Waals surface area (Å²) in [5.74, 6) is 0.0359. The molecule has 1 aliphatic rings. The summed E-state index contributed by atoms with van der Waals surface area (Å²) in [5.41, 5.74) is 2.68. The van der Waals surface area contributed by atoms with E-state index >= 15 is 0 Å². The van der Waals surface area contributed by atoms with E-state index in [1.165, 1.54) is 20.3 Å². The first-order valence-electron chi connectivity index (χ1n) is 10.2. The van der Waals surface area contributed by atoms with E-state index in [1.54, 1.807) is 14.2 Å². The highest BCUT2D eigenvalue weighted by atomic mass is 16.5. The second kappa shape index (κ2) is 8.42. The number of hydrogen-bond acceptors (Lipinski definition) is 7. The van der Waals surface area contributed by atoms with Gasteiger partial charge in [-0.3, -0.25) is 0 Å². The van der Waals surface area contributed by atoms with Gasteiger partial charge in [0.05, 0.1) is 39.7 Å². The van der Waals surface area contributed by atoms with Crippen LogP contribution in [-0.2, 0) is 25.5 Å². The maximum atomic E-state index is 12.9. The van der Waals surface area contributed by atoms with E-state index in [9.17, 15) is 9.59 Å². The van der Waals surface area contributed by atoms with E-state index in [0.29, 0.717) is 17.1 Å². The number of anilines is 1. The lowest BCUT2D eigenvalue weighted by atomic mass is 9.85. The fourth-order valence-electron chi connectivity index (χ4n) is 4.52. The minimum atomic E-state index is -0.632. The van der Waals surface area contributed by atoms with Crippen molar-refractivity contribution in [1.82, 2.24) is 0 Å². The molecule has 166 valence electrons. The molecule has 3 aromatic rings. The first-order chi connectivity index (χ1) is 15.5. The molecule has 0 unspecified atom stereocenters. The highest BCUT2D eigenvalue weighted by Crippen LogP contribution is 2.50. The third-order valence-corrected chi connectivity index (χ3v) is 5.93. The Balaban J connectivity index is 2.29. The van der Waals surface area contributed by atoms with Gasteiger partial charge in [0, 0.05) is 36.0 Å². The zero-order valence-electron chi connectivity index (χ0n) is 18.8. The molecule has 0 aliphatic carbocycles. The van der Waals surface area contributed by atoms with Gasteiger partial charge in [0.1, 0.15) is 0 Å². The molecule has 0 fully saturated rings. The van der Waals surface area contributed by atoms with Crippen LogP contribution in [0.5, 0.6) is 11.5 Å². The van der Waals surface area contributed by atoms with Crippen molar-refractivity contribution >= 4 is 44.7 Å². The number of methoxy groups -OCH3 is 4. The van der Waals surface area contributed by atoms with Gasteiger partial charge in [-0.05, 0) is 28.8 Å². The molecule has 7 nitrogen and oxygen atoms in total. The molecule has 0 saturated heterocycles. The number of fused-ring (bicyclic) bond motifs is 2. The quantitative estimate of drug-likeness (QED) is 0.343. The van der Waals surface area contributed by atoms with Crippen molar-refractivity contribution in [2.75, 3.05) is 46.9 Å². The molecule has 0 bridgehead atoms. The monoisotopic (exact) mass is 435 g/mol. The number of ether oxygens (including phenoxy) is 4. The summed E-state index contributed by atoms with van der Waals surface area (Å²) < 4.78 is 21.3. The first-order valence-corrected chi connectivity index (χ1v) is 10.2. The van der Waals surface area contributed by atoms with E-state index in [0.717, 1.165) is 45.8 Å². The Kier molecular flexibility index (Phi) is 5.65. The molecule has 0 amide bonds. The van der Waals surface area contributed by atoms with E-state index < -0.39 is 11.9 Å². The van der Waals surface area contributed by atoms with Crippen LogP contribution in [0.25, 0.3) is 27.1 Å². The van der Waals surface area contributed by atoms with Crippen LogP contribution in [0.1, 0.15) is 11.1 Å². The number of rotatable bonds is 5. The highest BCUT2D eigenvalue weighted by molar-refractivity contribution is 6.31. The van der Waals surface area contributed by atoms with Crippen LogP contribution < -0.4 is 14.4 Å². The molecular weight excluding hydrogens is 410 g/mol. The summed E-state index contributed by atoms with van der Waals surface area (Å²) in [7, 11) is 7.78. The summed E-state index contributed by atoms with van der Waals surface area (Å²) in [4.78, 5) is 27.2. The van der Waals surface area contributed by atoms with Crippen LogP contribution in [0, 0.1) is 0 Å². The van der Waals surface area contributed by atoms with Crippen LogP contribution in [-0.4, -0.2) is 54.0 Å². The molecule has 3 aromatic carbocycles. The Morgan fingerprint density at radius 1 is 0.969 bits per heavy atom. The number of likely N-dealkylation sites (N-methyl/N-ethyl adjacent to an activating group) is 1. The van der Waals surface area contributed by atoms with E-state index in [1.807, 2.05) is 37.4 Å². The fourth-order valence-corrected chi connectivity index (χ4v) is 4.52. The van der Waals surface area contributed by atoms with Gasteiger partial charge in [-0.15, -0.1) is 0 Å². The minimum absolute atomic E-state index is 0.141. The average Bonchev–Trinajstić information content (AvgIpc) is 2.83. The number of benzene rings is 3. The summed E-state index contributed by atoms with van der Waals surface area (Å²) in [6.07, 6.45) is 1.99. The summed E-state index contributed by atoms with van der Waals surface area (Å²) in [6, 6.07) is 9.72. The molecule has 0 N–H and O–H groups in total. The molecule has 1 heterocycles. The molecule has 0 radical (unpaired) electrons. The number of nitrogens with zero attached hydrogens (tertiary/aromatic N) is 1. The van der Waals surface area contributed by atoms with Gasteiger partial charge in [0.25, 0.3) is 0 Å². The first kappa shape index (κ1) is 21.5. The van der Waals surface area contributed by atoms with Crippen molar-refractivity contribution in [2.45, 2.75) is 6.42 Å². The van der Waals surface area contributed by atoms with Gasteiger partial charge in [-0.25, -0.2) is 9.59 Å². The zero-order chi connectivity index (χ0) is 23.0. The Morgan fingerprint density at radius 3 is 2.31 bits per heavy atom. The van der Waals surface area contributed by atoms with Gasteiger partial charge < -0.3 is 23.8 Å². The Bertz CT molecular complexity index is 1280. The van der Waals surface area contributed by atoms with Crippen molar-refractivity contribution in [3.05, 3.63) is 47.5 Å². The minimum Gasteiger partial charge on any atom is -0.493 e. The van der Waals surface area contributed by atoms with Gasteiger partial charge in [0.2, 0.25) is 0 Å². The Labute approximate surface area is 186 Å². The van der Waals surface area contributed by atoms with Crippen molar-refractivity contribution in [2.24, 2.45) is 0 Å². The maximum absolute atomic E-state index is 12.9. The Hall–Kier alpha value is -3.74. The lowest BCUT2D eigenvalue weighted by molar-refractivity contribution is -0.136. The predicted octanol–water partition coefficient (Wildman–Crippen LogP) is 3.73. The van der Waals surface area contributed by atoms with Gasteiger partial charge in [-0.1, -0.05) is 24.3 Å². The molecule has 4 rings (SSSR count). The van der Waals surface area contributed by atoms with E-state index in [4.69, 9.17) is 18.9 Å². The molecule has 7 heteroatoms. The van der Waals surface area contributed by atoms with Crippen LogP contribution >= 0.6 is 0 Å². The molecule has 32 heavy (non-hydrogen) atoms. The third kappa shape index (κ3) is 3.21.